The third-order valence-electron chi connectivity index (χ3n) is 3.93. The summed E-state index contributed by atoms with van der Waals surface area (Å²) in [4.78, 5) is 15.8. The van der Waals surface area contributed by atoms with Crippen molar-refractivity contribution in [2.24, 2.45) is 5.73 Å². The Morgan fingerprint density at radius 1 is 0.838 bits per heavy atom. The van der Waals surface area contributed by atoms with E-state index in [1.807, 2.05) is 0 Å². The van der Waals surface area contributed by atoms with Crippen molar-refractivity contribution in [1.82, 2.24) is 9.80 Å². The van der Waals surface area contributed by atoms with E-state index in [-0.39, 0.29) is 26.0 Å². The second-order valence-corrected chi connectivity index (χ2v) is 8.73. The first kappa shape index (κ1) is 37.0. The number of hydrogen-bond acceptors (Lipinski definition) is 7. The van der Waals surface area contributed by atoms with E-state index < -0.39 is 61.8 Å². The van der Waals surface area contributed by atoms with Gasteiger partial charge in [-0.2, -0.15) is 13.2 Å². The number of carbonyl (C=O) groups excluding carboxylic acids is 1. The van der Waals surface area contributed by atoms with Gasteiger partial charge < -0.3 is 20.1 Å². The first-order chi connectivity index (χ1) is 16.2. The molecule has 2 N–H and O–H groups in total. The van der Waals surface area contributed by atoms with Crippen LogP contribution in [0.15, 0.2) is 29.9 Å². The van der Waals surface area contributed by atoms with E-state index in [1.54, 1.807) is 0 Å². The molecule has 0 unspecified atom stereocenters. The van der Waals surface area contributed by atoms with E-state index in [0.717, 1.165) is 25.2 Å². The summed E-state index contributed by atoms with van der Waals surface area (Å²) in [6, 6.07) is 0. The molecule has 0 saturated carbocycles. The average Bonchev–Trinajstić information content (AvgIpc) is 2.75. The van der Waals surface area contributed by atoms with Crippen molar-refractivity contribution in [2.75, 3.05) is 41.3 Å². The van der Waals surface area contributed by atoms with Crippen molar-refractivity contribution in [3.8, 4) is 0 Å². The summed E-state index contributed by atoms with van der Waals surface area (Å²) in [7, 11) is 2.26. The van der Waals surface area contributed by atoms with E-state index in [1.165, 1.54) is 12.2 Å². The Morgan fingerprint density at radius 2 is 1.16 bits per heavy atom. The van der Waals surface area contributed by atoms with Crippen LogP contribution in [-0.2, 0) is 35.3 Å². The molecule has 2 rings (SSSR count). The molecule has 0 aromatic heterocycles. The van der Waals surface area contributed by atoms with Crippen LogP contribution in [0.1, 0.15) is 5.56 Å². The van der Waals surface area contributed by atoms with Crippen molar-refractivity contribution in [3.63, 3.8) is 0 Å². The van der Waals surface area contributed by atoms with Crippen LogP contribution in [0.4, 0.5) is 35.1 Å². The SMILES string of the molecule is CN(C)CCN(C)C.N/C(=C1/C=CC=CC1=O)c1c(F)c(F)c(F)c(F)c1F.O=S(=O)([O-])C(F)(F)F.[Pd]. The van der Waals surface area contributed by atoms with Crippen molar-refractivity contribution < 1.29 is 73.3 Å². The van der Waals surface area contributed by atoms with E-state index >= 15 is 0 Å². The van der Waals surface area contributed by atoms with E-state index in [9.17, 15) is 39.9 Å². The molecule has 214 valence electrons. The normalized spacial score (nSPS) is 14.5. The molecule has 1 aromatic rings. The summed E-state index contributed by atoms with van der Waals surface area (Å²) in [5, 5.41) is 0. The summed E-state index contributed by atoms with van der Waals surface area (Å²) in [5.41, 5.74) is -2.74. The zero-order valence-corrected chi connectivity index (χ0v) is 21.9. The molecule has 0 radical (unpaired) electrons. The number of allylic oxidation sites excluding steroid dienone is 5. The maximum Gasteiger partial charge on any atom is 0.485 e. The number of hydrogen-bond donors (Lipinski definition) is 1. The molecule has 0 aliphatic heterocycles. The van der Waals surface area contributed by atoms with Crippen molar-refractivity contribution in [1.29, 1.82) is 0 Å². The Morgan fingerprint density at radius 3 is 1.46 bits per heavy atom. The Balaban J connectivity index is 0. The van der Waals surface area contributed by atoms with Gasteiger partial charge in [-0.3, -0.25) is 4.79 Å². The van der Waals surface area contributed by atoms with Gasteiger partial charge in [-0.1, -0.05) is 12.2 Å². The summed E-state index contributed by atoms with van der Waals surface area (Å²) in [6.07, 6.45) is 4.86. The molecule has 7 nitrogen and oxygen atoms in total. The Bertz CT molecular complexity index is 1110. The molecular weight excluding hydrogens is 637 g/mol. The smallest absolute Gasteiger partial charge is 0.485 e. The molecule has 0 bridgehead atoms. The molecule has 0 saturated heterocycles. The third kappa shape index (κ3) is 11.4. The Labute approximate surface area is 221 Å². The standard InChI is InChI=1S/C13H6F5NO.C6H16N2.CHF3O3S.Pd/c14-8-7(9(15)11(17)12(18)10(8)16)13(19)5-3-1-2-4-6(5)20;1-7(2)5-6-8(3)4;2-1(3,4)8(5,6)7;/h1-4H,19H2;5-6H2,1-4H3;(H,5,6,7);/p-1/b13-5-;;;. The molecule has 17 heteroatoms. The number of likely N-dealkylation sites (N-methyl/N-ethyl adjacent to an activating group) is 2. The van der Waals surface area contributed by atoms with Crippen LogP contribution in [0.2, 0.25) is 0 Å². The minimum Gasteiger partial charge on any atom is -0.741 e. The van der Waals surface area contributed by atoms with Gasteiger partial charge in [-0.15, -0.1) is 0 Å². The number of rotatable bonds is 4. The largest absolute Gasteiger partial charge is 0.741 e. The quantitative estimate of drug-likeness (QED) is 0.101. The van der Waals surface area contributed by atoms with Gasteiger partial charge in [0.15, 0.2) is 39.2 Å². The Hall–Kier alpha value is -2.16. The van der Waals surface area contributed by atoms with Crippen LogP contribution in [0.5, 0.6) is 0 Å². The number of nitrogens with two attached hydrogens (primary N) is 1. The molecule has 0 amide bonds. The van der Waals surface area contributed by atoms with Crippen LogP contribution >= 0.6 is 0 Å². The second-order valence-electron chi connectivity index (χ2n) is 7.36. The van der Waals surface area contributed by atoms with Crippen LogP contribution in [0.3, 0.4) is 0 Å². The summed E-state index contributed by atoms with van der Waals surface area (Å²) in [5.74, 6) is -11.4. The van der Waals surface area contributed by atoms with Gasteiger partial charge in [-0.05, 0) is 40.3 Å². The maximum atomic E-state index is 13.5. The third-order valence-corrected chi connectivity index (χ3v) is 4.50. The fraction of sp³-hybridized carbons (Fsp3) is 0.350. The fourth-order valence-electron chi connectivity index (χ4n) is 2.07. The van der Waals surface area contributed by atoms with E-state index in [2.05, 4.69) is 38.0 Å². The van der Waals surface area contributed by atoms with Gasteiger partial charge in [0.05, 0.1) is 11.3 Å². The number of nitrogens with zero attached hydrogens (tertiary/aromatic N) is 2. The minimum atomic E-state index is -6.09. The van der Waals surface area contributed by atoms with Crippen molar-refractivity contribution in [3.05, 3.63) is 64.5 Å². The molecule has 0 atom stereocenters. The molecule has 37 heavy (non-hydrogen) atoms. The number of alkyl halides is 3. The van der Waals surface area contributed by atoms with Crippen LogP contribution in [-0.4, -0.2) is 75.3 Å². The van der Waals surface area contributed by atoms with Gasteiger partial charge >= 0.3 is 5.51 Å². The summed E-state index contributed by atoms with van der Waals surface area (Å²) < 4.78 is 125. The first-order valence-electron chi connectivity index (χ1n) is 9.46. The topological polar surface area (TPSA) is 107 Å². The van der Waals surface area contributed by atoms with E-state index in [0.29, 0.717) is 0 Å². The molecule has 0 heterocycles. The molecule has 0 spiro atoms. The number of halogens is 8. The summed E-state index contributed by atoms with van der Waals surface area (Å²) in [6.45, 7) is 2.29. The number of benzene rings is 1. The van der Waals surface area contributed by atoms with Crippen LogP contribution < -0.4 is 5.73 Å². The van der Waals surface area contributed by atoms with Crippen molar-refractivity contribution in [2.45, 2.75) is 5.51 Å². The fourth-order valence-corrected chi connectivity index (χ4v) is 2.07. The molecule has 0 fully saturated rings. The molecule has 1 aliphatic carbocycles. The summed E-state index contributed by atoms with van der Waals surface area (Å²) >= 11 is 0. The maximum absolute atomic E-state index is 13.5. The van der Waals surface area contributed by atoms with Crippen molar-refractivity contribution >= 4 is 21.6 Å². The van der Waals surface area contributed by atoms with Gasteiger partial charge in [0.25, 0.3) is 0 Å². The molecule has 1 aliphatic rings. The van der Waals surface area contributed by atoms with Crippen LogP contribution in [0, 0.1) is 29.1 Å². The average molecular weight is 659 g/mol. The van der Waals surface area contributed by atoms with E-state index in [4.69, 9.17) is 18.7 Å². The zero-order valence-electron chi connectivity index (χ0n) is 19.6. The second kappa shape index (κ2) is 15.3. The van der Waals surface area contributed by atoms with Gasteiger partial charge in [0.2, 0.25) is 5.82 Å². The van der Waals surface area contributed by atoms with Gasteiger partial charge in [0, 0.05) is 39.1 Å². The molecule has 1 aromatic carbocycles. The predicted molar refractivity (Wildman–Crippen MR) is 113 cm³/mol. The number of carbonyl (C=O) groups is 1. The minimum absolute atomic E-state index is 0. The first-order valence-corrected chi connectivity index (χ1v) is 10.9. The zero-order chi connectivity index (χ0) is 28.6. The molecular formula is C20H22F8N3O4PdS-. The Kier molecular flexibility index (Phi) is 15.3. The number of ketones is 1. The predicted octanol–water partition coefficient (Wildman–Crippen LogP) is 2.91. The van der Waals surface area contributed by atoms with Gasteiger partial charge in [0.1, 0.15) is 0 Å². The monoisotopic (exact) mass is 658 g/mol. The van der Waals surface area contributed by atoms with Gasteiger partial charge in [-0.25, -0.2) is 30.4 Å². The van der Waals surface area contributed by atoms with Crippen LogP contribution in [0.25, 0.3) is 5.70 Å².